The molecule has 0 atom stereocenters. The molecule has 21 heavy (non-hydrogen) atoms. The Kier molecular flexibility index (Phi) is 4.93. The van der Waals surface area contributed by atoms with Gasteiger partial charge in [-0.3, -0.25) is 0 Å². The topological polar surface area (TPSA) is 68.7 Å². The lowest BCUT2D eigenvalue weighted by Gasteiger charge is -2.11. The molecule has 5 heteroatoms. The van der Waals surface area contributed by atoms with Crippen LogP contribution in [0.3, 0.4) is 0 Å². The van der Waals surface area contributed by atoms with Gasteiger partial charge in [-0.2, -0.15) is 0 Å². The fourth-order valence-electron chi connectivity index (χ4n) is 1.84. The number of aromatic nitrogens is 1. The highest BCUT2D eigenvalue weighted by Gasteiger charge is 2.15. The minimum absolute atomic E-state index is 0.0812. The smallest absolute Gasteiger partial charge is 0.339 e. The molecule has 108 valence electrons. The first-order chi connectivity index (χ1) is 10.2. The van der Waals surface area contributed by atoms with Crippen LogP contribution < -0.4 is 4.74 Å². The Labute approximate surface area is 122 Å². The zero-order valence-corrected chi connectivity index (χ0v) is 11.5. The Balaban J connectivity index is 2.24. The molecule has 0 bridgehead atoms. The minimum Gasteiger partial charge on any atom is -0.503 e. The van der Waals surface area contributed by atoms with Gasteiger partial charge in [0.25, 0.3) is 0 Å². The van der Waals surface area contributed by atoms with Crippen molar-refractivity contribution >= 4 is 11.5 Å². The molecule has 0 saturated carbocycles. The fourth-order valence-corrected chi connectivity index (χ4v) is 1.84. The average molecular weight is 285 g/mol. The summed E-state index contributed by atoms with van der Waals surface area (Å²) in [5.74, 6) is -0.568. The Morgan fingerprint density at radius 1 is 1.24 bits per heavy atom. The molecule has 0 spiro atoms. The molecule has 0 aliphatic heterocycles. The van der Waals surface area contributed by atoms with Crippen molar-refractivity contribution < 1.29 is 19.4 Å². The van der Waals surface area contributed by atoms with Gasteiger partial charge in [-0.1, -0.05) is 30.3 Å². The largest absolute Gasteiger partial charge is 0.503 e. The lowest BCUT2D eigenvalue weighted by atomic mass is 10.0. The van der Waals surface area contributed by atoms with E-state index in [2.05, 4.69) is 4.98 Å². The zero-order chi connectivity index (χ0) is 15.1. The van der Waals surface area contributed by atoms with E-state index in [0.717, 1.165) is 5.56 Å². The van der Waals surface area contributed by atoms with E-state index in [4.69, 9.17) is 9.47 Å². The monoisotopic (exact) mass is 285 g/mol. The van der Waals surface area contributed by atoms with E-state index in [1.54, 1.807) is 30.5 Å². The van der Waals surface area contributed by atoms with E-state index >= 15 is 0 Å². The maximum atomic E-state index is 11.3. The summed E-state index contributed by atoms with van der Waals surface area (Å²) >= 11 is 0. The van der Waals surface area contributed by atoms with E-state index in [-0.39, 0.29) is 12.2 Å². The molecule has 0 radical (unpaired) electrons. The Morgan fingerprint density at radius 3 is 2.67 bits per heavy atom. The van der Waals surface area contributed by atoms with E-state index in [0.29, 0.717) is 11.4 Å². The molecule has 0 amide bonds. The third-order valence-corrected chi connectivity index (χ3v) is 2.79. The van der Waals surface area contributed by atoms with E-state index in [1.165, 1.54) is 13.4 Å². The van der Waals surface area contributed by atoms with Crippen molar-refractivity contribution in [2.75, 3.05) is 7.11 Å². The van der Waals surface area contributed by atoms with Crippen LogP contribution in [-0.2, 0) is 16.1 Å². The van der Waals surface area contributed by atoms with Crippen molar-refractivity contribution in [2.45, 2.75) is 6.61 Å². The summed E-state index contributed by atoms with van der Waals surface area (Å²) in [5.41, 5.74) is 1.38. The predicted molar refractivity (Wildman–Crippen MR) is 77.6 cm³/mol. The summed E-state index contributed by atoms with van der Waals surface area (Å²) in [4.78, 5) is 15.4. The normalized spacial score (nSPS) is 11.0. The number of nitrogens with zero attached hydrogens (tertiary/aromatic N) is 1. The SMILES string of the molecule is COC=C(C(=O)O)c1ccccc1COc1ccccn1. The summed E-state index contributed by atoms with van der Waals surface area (Å²) in [6, 6.07) is 12.5. The fraction of sp³-hybridized carbons (Fsp3) is 0.125. The number of carboxylic acid groups (broad SMARTS) is 1. The maximum Gasteiger partial charge on any atom is 0.339 e. The third kappa shape index (κ3) is 3.82. The number of methoxy groups -OCH3 is 1. The number of hydrogen-bond acceptors (Lipinski definition) is 4. The van der Waals surface area contributed by atoms with Crippen LogP contribution in [0.25, 0.3) is 5.57 Å². The molecule has 2 rings (SSSR count). The lowest BCUT2D eigenvalue weighted by molar-refractivity contribution is -0.130. The van der Waals surface area contributed by atoms with Crippen LogP contribution in [-0.4, -0.2) is 23.2 Å². The van der Waals surface area contributed by atoms with Gasteiger partial charge in [0, 0.05) is 12.3 Å². The van der Waals surface area contributed by atoms with Crippen LogP contribution in [0.1, 0.15) is 11.1 Å². The standard InChI is InChI=1S/C16H15NO4/c1-20-11-14(16(18)19)13-7-3-2-6-12(13)10-21-15-8-4-5-9-17-15/h2-9,11H,10H2,1H3,(H,18,19). The molecule has 1 aromatic heterocycles. The number of hydrogen-bond donors (Lipinski definition) is 1. The van der Waals surface area contributed by atoms with Crippen LogP contribution in [0, 0.1) is 0 Å². The molecule has 1 heterocycles. The summed E-state index contributed by atoms with van der Waals surface area (Å²) in [6.07, 6.45) is 2.84. The summed E-state index contributed by atoms with van der Waals surface area (Å²) in [6.45, 7) is 0.224. The number of carbonyl (C=O) groups is 1. The summed E-state index contributed by atoms with van der Waals surface area (Å²) in [7, 11) is 1.41. The van der Waals surface area contributed by atoms with Crippen LogP contribution in [0.15, 0.2) is 54.9 Å². The van der Waals surface area contributed by atoms with Gasteiger partial charge in [-0.05, 0) is 17.2 Å². The molecular weight excluding hydrogens is 270 g/mol. The Hall–Kier alpha value is -2.82. The molecule has 0 aliphatic carbocycles. The second-order valence-electron chi connectivity index (χ2n) is 4.19. The van der Waals surface area contributed by atoms with Gasteiger partial charge in [0.05, 0.1) is 13.4 Å². The van der Waals surface area contributed by atoms with Gasteiger partial charge < -0.3 is 14.6 Å². The van der Waals surface area contributed by atoms with Crippen molar-refractivity contribution in [3.63, 3.8) is 0 Å². The predicted octanol–water partition coefficient (Wildman–Crippen LogP) is 2.73. The number of aliphatic carboxylic acids is 1. The van der Waals surface area contributed by atoms with Gasteiger partial charge in [-0.15, -0.1) is 0 Å². The van der Waals surface area contributed by atoms with Crippen molar-refractivity contribution in [1.29, 1.82) is 0 Å². The van der Waals surface area contributed by atoms with Crippen molar-refractivity contribution in [3.8, 4) is 5.88 Å². The number of pyridine rings is 1. The maximum absolute atomic E-state index is 11.3. The first kappa shape index (κ1) is 14.6. The second-order valence-corrected chi connectivity index (χ2v) is 4.19. The Bertz CT molecular complexity index is 638. The van der Waals surface area contributed by atoms with Crippen LogP contribution in [0.2, 0.25) is 0 Å². The first-order valence-corrected chi connectivity index (χ1v) is 6.30. The summed E-state index contributed by atoms with van der Waals surface area (Å²) in [5, 5.41) is 9.27. The van der Waals surface area contributed by atoms with Crippen LogP contribution >= 0.6 is 0 Å². The van der Waals surface area contributed by atoms with Crippen molar-refractivity contribution in [2.24, 2.45) is 0 Å². The Morgan fingerprint density at radius 2 is 2.00 bits per heavy atom. The number of rotatable bonds is 6. The van der Waals surface area contributed by atoms with E-state index in [9.17, 15) is 9.90 Å². The van der Waals surface area contributed by atoms with Gasteiger partial charge in [-0.25, -0.2) is 9.78 Å². The number of carboxylic acids is 1. The highest BCUT2D eigenvalue weighted by Crippen LogP contribution is 2.21. The average Bonchev–Trinajstić information content (AvgIpc) is 2.52. The quantitative estimate of drug-likeness (QED) is 0.653. The van der Waals surface area contributed by atoms with Crippen molar-refractivity contribution in [1.82, 2.24) is 4.98 Å². The second kappa shape index (κ2) is 7.09. The molecule has 1 aromatic carbocycles. The van der Waals surface area contributed by atoms with E-state index in [1.807, 2.05) is 18.2 Å². The van der Waals surface area contributed by atoms with Gasteiger partial charge in [0.2, 0.25) is 5.88 Å². The molecule has 5 nitrogen and oxygen atoms in total. The summed E-state index contributed by atoms with van der Waals surface area (Å²) < 4.78 is 10.4. The van der Waals surface area contributed by atoms with Crippen LogP contribution in [0.5, 0.6) is 5.88 Å². The molecule has 0 fully saturated rings. The molecule has 0 aliphatic rings. The highest BCUT2D eigenvalue weighted by molar-refractivity contribution is 6.15. The lowest BCUT2D eigenvalue weighted by Crippen LogP contribution is -2.06. The van der Waals surface area contributed by atoms with Crippen molar-refractivity contribution in [3.05, 3.63) is 66.1 Å². The molecule has 1 N–H and O–H groups in total. The van der Waals surface area contributed by atoms with E-state index < -0.39 is 5.97 Å². The first-order valence-electron chi connectivity index (χ1n) is 6.30. The zero-order valence-electron chi connectivity index (χ0n) is 11.5. The number of ether oxygens (including phenoxy) is 2. The third-order valence-electron chi connectivity index (χ3n) is 2.79. The van der Waals surface area contributed by atoms with Crippen LogP contribution in [0.4, 0.5) is 0 Å². The van der Waals surface area contributed by atoms with Gasteiger partial charge >= 0.3 is 5.97 Å². The molecular formula is C16H15NO4. The molecule has 0 saturated heterocycles. The van der Waals surface area contributed by atoms with Gasteiger partial charge in [0.15, 0.2) is 0 Å². The molecule has 0 unspecified atom stereocenters. The highest BCUT2D eigenvalue weighted by atomic mass is 16.5. The molecule has 2 aromatic rings. The minimum atomic E-state index is -1.05. The number of benzene rings is 1. The van der Waals surface area contributed by atoms with Gasteiger partial charge in [0.1, 0.15) is 12.2 Å².